The number of carbonyl (C=O) groups excluding carboxylic acids is 1. The third-order valence-corrected chi connectivity index (χ3v) is 4.35. The minimum Gasteiger partial charge on any atom is -0.303 e. The second-order valence-corrected chi connectivity index (χ2v) is 6.60. The number of hydrogen-bond donors (Lipinski definition) is 1. The molecule has 116 valence electrons. The van der Waals surface area contributed by atoms with Crippen molar-refractivity contribution in [2.45, 2.75) is 0 Å². The van der Waals surface area contributed by atoms with E-state index >= 15 is 0 Å². The van der Waals surface area contributed by atoms with Crippen LogP contribution >= 0.6 is 35.0 Å². The summed E-state index contributed by atoms with van der Waals surface area (Å²) in [5.41, 5.74) is 2.87. The second kappa shape index (κ2) is 7.17. The summed E-state index contributed by atoms with van der Waals surface area (Å²) >= 11 is 13.4. The van der Waals surface area contributed by atoms with Crippen molar-refractivity contribution in [2.24, 2.45) is 10.2 Å². The fourth-order valence-electron chi connectivity index (χ4n) is 2.01. The predicted octanol–water partition coefficient (Wildman–Crippen LogP) is 4.21. The molecule has 7 heteroatoms. The molecule has 0 aromatic heterocycles. The Hall–Kier alpha value is -1.82. The van der Waals surface area contributed by atoms with Crippen LogP contribution in [0.3, 0.4) is 0 Å². The number of amidine groups is 1. The Balaban J connectivity index is 1.73. The molecule has 1 saturated heterocycles. The van der Waals surface area contributed by atoms with Gasteiger partial charge in [-0.05, 0) is 34.9 Å². The van der Waals surface area contributed by atoms with Crippen LogP contribution < -0.4 is 5.32 Å². The van der Waals surface area contributed by atoms with E-state index < -0.39 is 0 Å². The van der Waals surface area contributed by atoms with Gasteiger partial charge in [0.05, 0.1) is 12.0 Å². The number of halogens is 2. The topological polar surface area (TPSA) is 53.8 Å². The first-order valence-electron chi connectivity index (χ1n) is 6.70. The number of rotatable bonds is 3. The minimum atomic E-state index is -0.0477. The highest BCUT2D eigenvalue weighted by atomic mass is 35.5. The molecule has 23 heavy (non-hydrogen) atoms. The van der Waals surface area contributed by atoms with E-state index in [1.54, 1.807) is 12.3 Å². The maximum atomic E-state index is 11.0. The lowest BCUT2D eigenvalue weighted by atomic mass is 10.0. The van der Waals surface area contributed by atoms with Crippen LogP contribution in [0.5, 0.6) is 0 Å². The van der Waals surface area contributed by atoms with Gasteiger partial charge in [-0.15, -0.1) is 5.10 Å². The molecule has 1 fully saturated rings. The number of amides is 1. The molecule has 0 aliphatic carbocycles. The van der Waals surface area contributed by atoms with Gasteiger partial charge in [-0.1, -0.05) is 59.2 Å². The summed E-state index contributed by atoms with van der Waals surface area (Å²) in [5.74, 6) is 0.346. The van der Waals surface area contributed by atoms with Gasteiger partial charge in [0.1, 0.15) is 0 Å². The smallest absolute Gasteiger partial charge is 0.236 e. The van der Waals surface area contributed by atoms with Crippen LogP contribution in [0.15, 0.2) is 52.7 Å². The summed E-state index contributed by atoms with van der Waals surface area (Å²) < 4.78 is 0. The van der Waals surface area contributed by atoms with Crippen LogP contribution in [0, 0.1) is 0 Å². The van der Waals surface area contributed by atoms with E-state index in [-0.39, 0.29) is 5.91 Å². The van der Waals surface area contributed by atoms with Crippen molar-refractivity contribution in [1.82, 2.24) is 5.32 Å². The molecule has 1 heterocycles. The average molecular weight is 364 g/mol. The Bertz CT molecular complexity index is 783. The molecule has 1 aliphatic rings. The molecule has 1 aliphatic heterocycles. The minimum absolute atomic E-state index is 0.0477. The molecule has 0 atom stereocenters. The number of nitrogens with zero attached hydrogens (tertiary/aromatic N) is 2. The zero-order valence-electron chi connectivity index (χ0n) is 11.8. The molecule has 2 aromatic rings. The van der Waals surface area contributed by atoms with Crippen LogP contribution in [0.25, 0.3) is 11.1 Å². The molecule has 2 aromatic carbocycles. The normalized spacial score (nSPS) is 16.3. The van der Waals surface area contributed by atoms with Crippen LogP contribution in [0.1, 0.15) is 5.56 Å². The van der Waals surface area contributed by atoms with Crippen molar-refractivity contribution < 1.29 is 4.79 Å². The van der Waals surface area contributed by atoms with Crippen LogP contribution in [-0.2, 0) is 4.79 Å². The van der Waals surface area contributed by atoms with E-state index in [0.717, 1.165) is 16.7 Å². The predicted molar refractivity (Wildman–Crippen MR) is 97.5 cm³/mol. The second-order valence-electron chi connectivity index (χ2n) is 4.77. The Morgan fingerprint density at radius 1 is 1.04 bits per heavy atom. The number of benzene rings is 2. The Kier molecular flexibility index (Phi) is 5.00. The Morgan fingerprint density at radius 2 is 1.74 bits per heavy atom. The van der Waals surface area contributed by atoms with E-state index in [2.05, 4.69) is 15.5 Å². The highest BCUT2D eigenvalue weighted by Gasteiger charge is 2.15. The van der Waals surface area contributed by atoms with Gasteiger partial charge in [0.2, 0.25) is 5.91 Å². The van der Waals surface area contributed by atoms with E-state index in [1.807, 2.05) is 36.4 Å². The molecule has 0 unspecified atom stereocenters. The summed E-state index contributed by atoms with van der Waals surface area (Å²) in [5, 5.41) is 12.3. The van der Waals surface area contributed by atoms with Gasteiger partial charge in [0.25, 0.3) is 0 Å². The van der Waals surface area contributed by atoms with Gasteiger partial charge in [-0.3, -0.25) is 4.79 Å². The molecule has 1 amide bonds. The van der Waals surface area contributed by atoms with Crippen LogP contribution in [-0.4, -0.2) is 23.0 Å². The highest BCUT2D eigenvalue weighted by molar-refractivity contribution is 8.15. The van der Waals surface area contributed by atoms with Crippen LogP contribution in [0.2, 0.25) is 10.0 Å². The van der Waals surface area contributed by atoms with Crippen molar-refractivity contribution >= 4 is 52.3 Å². The van der Waals surface area contributed by atoms with Crippen molar-refractivity contribution in [3.05, 3.63) is 58.1 Å². The largest absolute Gasteiger partial charge is 0.303 e. The summed E-state index contributed by atoms with van der Waals surface area (Å²) in [6, 6.07) is 13.2. The number of hydrogen-bond acceptors (Lipinski definition) is 4. The van der Waals surface area contributed by atoms with Gasteiger partial charge < -0.3 is 5.32 Å². The maximum Gasteiger partial charge on any atom is 0.236 e. The van der Waals surface area contributed by atoms with Gasteiger partial charge >= 0.3 is 0 Å². The quantitative estimate of drug-likeness (QED) is 0.655. The molecule has 0 radical (unpaired) electrons. The number of thioether (sulfide) groups is 1. The molecule has 0 bridgehead atoms. The average Bonchev–Trinajstić information content (AvgIpc) is 2.92. The zero-order valence-corrected chi connectivity index (χ0v) is 14.1. The SMILES string of the molecule is O=C1CSC(=NN=Cc2ccc(-c3cc(Cl)cc(Cl)c3)cc2)N1. The van der Waals surface area contributed by atoms with Crippen molar-refractivity contribution in [3.8, 4) is 11.1 Å². The van der Waals surface area contributed by atoms with Crippen LogP contribution in [0.4, 0.5) is 0 Å². The summed E-state index contributed by atoms with van der Waals surface area (Å²) in [4.78, 5) is 11.0. The third kappa shape index (κ3) is 4.34. The highest BCUT2D eigenvalue weighted by Crippen LogP contribution is 2.27. The Morgan fingerprint density at radius 3 is 2.35 bits per heavy atom. The van der Waals surface area contributed by atoms with Crippen molar-refractivity contribution in [1.29, 1.82) is 0 Å². The lowest BCUT2D eigenvalue weighted by molar-refractivity contribution is -0.116. The van der Waals surface area contributed by atoms with E-state index in [1.165, 1.54) is 11.8 Å². The number of nitrogens with one attached hydrogen (secondary N) is 1. The summed E-state index contributed by atoms with van der Waals surface area (Å²) in [7, 11) is 0. The zero-order chi connectivity index (χ0) is 16.2. The first kappa shape index (κ1) is 16.1. The van der Waals surface area contributed by atoms with Gasteiger partial charge in [-0.25, -0.2) is 0 Å². The van der Waals surface area contributed by atoms with E-state index in [4.69, 9.17) is 23.2 Å². The van der Waals surface area contributed by atoms with E-state index in [0.29, 0.717) is 21.0 Å². The molecule has 0 saturated carbocycles. The molecule has 4 nitrogen and oxygen atoms in total. The fraction of sp³-hybridized carbons (Fsp3) is 0.0625. The molecule has 0 spiro atoms. The molecule has 1 N–H and O–H groups in total. The van der Waals surface area contributed by atoms with Gasteiger partial charge in [0, 0.05) is 10.0 Å². The first-order chi connectivity index (χ1) is 11.1. The number of carbonyl (C=O) groups is 1. The summed E-state index contributed by atoms with van der Waals surface area (Å²) in [6.45, 7) is 0. The van der Waals surface area contributed by atoms with Gasteiger partial charge in [-0.2, -0.15) is 5.10 Å². The monoisotopic (exact) mass is 363 g/mol. The molecular formula is C16H11Cl2N3OS. The molecule has 3 rings (SSSR count). The first-order valence-corrected chi connectivity index (χ1v) is 8.44. The Labute approximate surface area is 147 Å². The third-order valence-electron chi connectivity index (χ3n) is 3.05. The maximum absolute atomic E-state index is 11.0. The lowest BCUT2D eigenvalue weighted by Crippen LogP contribution is -2.19. The fourth-order valence-corrected chi connectivity index (χ4v) is 3.17. The molecular weight excluding hydrogens is 353 g/mol. The van der Waals surface area contributed by atoms with Gasteiger partial charge in [0.15, 0.2) is 5.17 Å². The van der Waals surface area contributed by atoms with Crippen molar-refractivity contribution in [3.63, 3.8) is 0 Å². The van der Waals surface area contributed by atoms with Crippen molar-refractivity contribution in [2.75, 3.05) is 5.75 Å². The van der Waals surface area contributed by atoms with E-state index in [9.17, 15) is 4.79 Å². The summed E-state index contributed by atoms with van der Waals surface area (Å²) in [6.07, 6.45) is 1.63. The lowest BCUT2D eigenvalue weighted by Gasteiger charge is -2.04. The standard InChI is InChI=1S/C16H11Cl2N3OS/c17-13-5-12(6-14(18)7-13)11-3-1-10(2-4-11)8-19-21-16-20-15(22)9-23-16/h1-8H,9H2,(H,20,21,22).